The Balaban J connectivity index is 1.15. The Kier molecular flexibility index (Phi) is 8.80. The van der Waals surface area contributed by atoms with Crippen LogP contribution in [0.15, 0.2) is 132 Å². The van der Waals surface area contributed by atoms with E-state index in [9.17, 15) is 0 Å². The highest BCUT2D eigenvalue weighted by atomic mass is 32.1. The van der Waals surface area contributed by atoms with Crippen LogP contribution < -0.4 is 16.2 Å². The smallest absolute Gasteiger partial charge is 0.198 e. The second kappa shape index (κ2) is 14.4. The number of nitrogens with zero attached hydrogens (tertiary/aromatic N) is 1. The van der Waals surface area contributed by atoms with Crippen LogP contribution in [-0.4, -0.2) is 11.8 Å². The quantitative estimate of drug-likeness (QED) is 0.179. The topological polar surface area (TPSA) is 30.1 Å². The molecule has 72 heavy (non-hydrogen) atoms. The molecule has 2 aliphatic carbocycles. The first-order valence-corrected chi connectivity index (χ1v) is 27.1. The van der Waals surface area contributed by atoms with Crippen LogP contribution in [-0.2, 0) is 27.1 Å². The monoisotopic (exact) mass is 954 g/mol. The van der Waals surface area contributed by atoms with Crippen molar-refractivity contribution in [1.82, 2.24) is 4.57 Å². The molecule has 0 radical (unpaired) electrons. The number of benzene rings is 8. The maximum Gasteiger partial charge on any atom is 0.198 e. The molecule has 0 atom stereocenters. The zero-order valence-electron chi connectivity index (χ0n) is 44.0. The molecule has 14 rings (SSSR count). The summed E-state index contributed by atoms with van der Waals surface area (Å²) in [7, 11) is 0.789. The molecule has 3 nitrogen and oxygen atoms in total. The van der Waals surface area contributed by atoms with E-state index in [2.05, 4.69) is 220 Å². The van der Waals surface area contributed by atoms with E-state index in [1.165, 1.54) is 132 Å². The normalized spacial score (nSPS) is 16.4. The van der Waals surface area contributed by atoms with Crippen molar-refractivity contribution in [2.75, 3.05) is 5.32 Å². The third-order valence-electron chi connectivity index (χ3n) is 17.7. The van der Waals surface area contributed by atoms with Crippen molar-refractivity contribution in [3.8, 4) is 27.9 Å². The lowest BCUT2D eigenvalue weighted by Crippen LogP contribution is -2.38. The van der Waals surface area contributed by atoms with Crippen LogP contribution in [0.4, 0.5) is 11.4 Å². The van der Waals surface area contributed by atoms with Gasteiger partial charge in [0.1, 0.15) is 11.2 Å². The van der Waals surface area contributed by atoms with Crippen LogP contribution in [0.3, 0.4) is 0 Å². The van der Waals surface area contributed by atoms with Crippen LogP contribution in [0.1, 0.15) is 129 Å². The van der Waals surface area contributed by atoms with Gasteiger partial charge in [-0.1, -0.05) is 155 Å². The third-order valence-corrected chi connectivity index (χ3v) is 18.8. The van der Waals surface area contributed by atoms with E-state index in [0.29, 0.717) is 0 Å². The lowest BCUT2D eigenvalue weighted by atomic mass is 9.57. The Morgan fingerprint density at radius 3 is 1.99 bits per heavy atom. The van der Waals surface area contributed by atoms with Gasteiger partial charge in [-0.15, -0.1) is 11.3 Å². The number of nitrogens with one attached hydrogen (secondary N) is 1. The second-order valence-corrected chi connectivity index (χ2v) is 26.8. The van der Waals surface area contributed by atoms with E-state index in [1.54, 1.807) is 0 Å². The average molecular weight is 955 g/mol. The summed E-state index contributed by atoms with van der Waals surface area (Å²) >= 11 is 1.96. The van der Waals surface area contributed by atoms with Gasteiger partial charge in [-0.3, -0.25) is 0 Å². The Morgan fingerprint density at radius 2 is 1.24 bits per heavy atom. The highest BCUT2D eigenvalue weighted by molar-refractivity contribution is 7.25. The zero-order valence-corrected chi connectivity index (χ0v) is 44.8. The molecular formula is C67H63BN2OS. The lowest BCUT2D eigenvalue weighted by molar-refractivity contribution is 0.332. The summed E-state index contributed by atoms with van der Waals surface area (Å²) in [6.07, 6.45) is 2.39. The van der Waals surface area contributed by atoms with Gasteiger partial charge >= 0.3 is 0 Å². The fourth-order valence-electron chi connectivity index (χ4n) is 13.6. The highest BCUT2D eigenvalue weighted by Crippen LogP contribution is 2.58. The minimum atomic E-state index is -0.307. The van der Waals surface area contributed by atoms with Crippen LogP contribution in [0.25, 0.3) is 91.9 Å². The molecule has 0 amide bonds. The molecule has 0 saturated heterocycles. The first-order chi connectivity index (χ1) is 34.2. The molecule has 0 saturated carbocycles. The largest absolute Gasteiger partial charge is 0.456 e. The fraction of sp³-hybridized carbons (Fsp3) is 0.284. The lowest BCUT2D eigenvalue weighted by Gasteiger charge is -2.41. The van der Waals surface area contributed by atoms with Gasteiger partial charge in [0.2, 0.25) is 0 Å². The number of anilines is 2. The average Bonchev–Trinajstić information content (AvgIpc) is 4.05. The Hall–Kier alpha value is -6.56. The van der Waals surface area contributed by atoms with Crippen molar-refractivity contribution in [3.05, 3.63) is 161 Å². The number of hydrogen-bond acceptors (Lipinski definition) is 3. The van der Waals surface area contributed by atoms with Gasteiger partial charge in [-0.2, -0.15) is 0 Å². The summed E-state index contributed by atoms with van der Waals surface area (Å²) in [4.78, 5) is 0. The number of hydrogen-bond donors (Lipinski definition) is 1. The first kappa shape index (κ1) is 44.2. The molecule has 8 aromatic carbocycles. The van der Waals surface area contributed by atoms with Gasteiger partial charge < -0.3 is 14.3 Å². The molecule has 11 aromatic rings. The number of thiophene rings is 1. The van der Waals surface area contributed by atoms with E-state index >= 15 is 0 Å². The van der Waals surface area contributed by atoms with Gasteiger partial charge in [-0.05, 0) is 145 Å². The molecule has 5 heteroatoms. The van der Waals surface area contributed by atoms with Crippen molar-refractivity contribution in [1.29, 1.82) is 0 Å². The maximum atomic E-state index is 6.70. The van der Waals surface area contributed by atoms with Crippen molar-refractivity contribution in [2.45, 2.75) is 123 Å². The predicted octanol–water partition coefficient (Wildman–Crippen LogP) is 17.4. The SMILES string of the molecule is CC(C)(C)c1ccc(Nc2cc3sc4cc5c(cc4c3cc2-c2c3c(c4c6cc(C(C)(C)C)ccc6n6c4c2Bc2cc4c(cc2-6)oc2ccccc24)-c2ccccc2C3(C)C)C(C)(C)CCC5(C)C)cc1. The van der Waals surface area contributed by atoms with Crippen LogP contribution >= 0.6 is 11.3 Å². The van der Waals surface area contributed by atoms with Crippen molar-refractivity contribution < 1.29 is 4.42 Å². The van der Waals surface area contributed by atoms with E-state index in [4.69, 9.17) is 4.42 Å². The molecular weight excluding hydrogens is 892 g/mol. The minimum Gasteiger partial charge on any atom is -0.456 e. The third kappa shape index (κ3) is 6.10. The van der Waals surface area contributed by atoms with Gasteiger partial charge in [0.05, 0.1) is 5.52 Å². The Labute approximate surface area is 428 Å². The molecule has 3 aliphatic rings. The van der Waals surface area contributed by atoms with E-state index < -0.39 is 0 Å². The highest BCUT2D eigenvalue weighted by Gasteiger charge is 2.44. The first-order valence-electron chi connectivity index (χ1n) is 26.3. The second-order valence-electron chi connectivity index (χ2n) is 25.7. The zero-order chi connectivity index (χ0) is 49.8. The summed E-state index contributed by atoms with van der Waals surface area (Å²) in [5.74, 6) is 0. The maximum absolute atomic E-state index is 6.70. The molecule has 0 unspecified atom stereocenters. The van der Waals surface area contributed by atoms with E-state index in [-0.39, 0.29) is 27.1 Å². The molecule has 3 aromatic heterocycles. The summed E-state index contributed by atoms with van der Waals surface area (Å²) in [6, 6.07) is 49.4. The number of para-hydroxylation sites is 1. The number of aromatic nitrogens is 1. The van der Waals surface area contributed by atoms with Crippen molar-refractivity contribution in [2.24, 2.45) is 0 Å². The van der Waals surface area contributed by atoms with Gasteiger partial charge in [0, 0.05) is 81.3 Å². The predicted molar refractivity (Wildman–Crippen MR) is 313 cm³/mol. The molecule has 0 bridgehead atoms. The number of furan rings is 1. The standard InChI is InChI=1S/C67H63BN2OS/c1-63(2,3)36-21-24-38(25-22-36)69-50-34-56-42(43-31-47-48(33-55(43)72-56)66(9,10)28-27-65(47,7)8)30-44(50)59-60-57(40-18-13-15-19-46(40)67(60,11)12)58-45-29-37(64(4,5)6)23-26-51(45)70-52-35-54-41(32-49(52)68-61(59)62(58)70)39-17-14-16-20-53(39)71-54/h13-26,29-35,68-69H,27-28H2,1-12H3. The fourth-order valence-corrected chi connectivity index (χ4v) is 14.7. The van der Waals surface area contributed by atoms with E-state index in [1.807, 2.05) is 11.3 Å². The Morgan fingerprint density at radius 1 is 0.569 bits per heavy atom. The number of rotatable bonds is 3. The summed E-state index contributed by atoms with van der Waals surface area (Å²) in [5.41, 5.74) is 24.4. The van der Waals surface area contributed by atoms with Crippen molar-refractivity contribution in [3.63, 3.8) is 0 Å². The minimum absolute atomic E-state index is 0.0289. The van der Waals surface area contributed by atoms with E-state index in [0.717, 1.165) is 35.2 Å². The van der Waals surface area contributed by atoms with Gasteiger partial charge in [0.25, 0.3) is 0 Å². The molecule has 1 N–H and O–H groups in total. The van der Waals surface area contributed by atoms with Gasteiger partial charge in [0.15, 0.2) is 7.28 Å². The molecule has 0 spiro atoms. The summed E-state index contributed by atoms with van der Waals surface area (Å²) in [6.45, 7) is 28.7. The van der Waals surface area contributed by atoms with Gasteiger partial charge in [-0.25, -0.2) is 0 Å². The molecule has 356 valence electrons. The van der Waals surface area contributed by atoms with Crippen LogP contribution in [0.2, 0.25) is 0 Å². The Bertz CT molecular complexity index is 4190. The van der Waals surface area contributed by atoms with Crippen LogP contribution in [0, 0.1) is 0 Å². The number of fused-ring (bicyclic) bond motifs is 16. The molecule has 4 heterocycles. The summed E-state index contributed by atoms with van der Waals surface area (Å²) in [5, 5.41) is 11.9. The molecule has 1 aliphatic heterocycles. The molecule has 0 fully saturated rings. The van der Waals surface area contributed by atoms with Crippen LogP contribution in [0.5, 0.6) is 0 Å². The van der Waals surface area contributed by atoms with Crippen molar-refractivity contribution >= 4 is 105 Å². The summed E-state index contributed by atoms with van der Waals surface area (Å²) < 4.78 is 12.0.